The molecule has 1 unspecified atom stereocenters. The predicted octanol–water partition coefficient (Wildman–Crippen LogP) is 5.00. The lowest BCUT2D eigenvalue weighted by Gasteiger charge is -2.27. The summed E-state index contributed by atoms with van der Waals surface area (Å²) in [4.78, 5) is 28.4. The minimum absolute atomic E-state index is 0.0797. The number of methoxy groups -OCH3 is 1. The lowest BCUT2D eigenvalue weighted by atomic mass is 9.99. The molecule has 0 saturated carbocycles. The van der Waals surface area contributed by atoms with Gasteiger partial charge in [-0.15, -0.1) is 11.3 Å². The average molecular weight is 693 g/mol. The van der Waals surface area contributed by atoms with E-state index in [2.05, 4.69) is 16.0 Å². The fourth-order valence-electron chi connectivity index (χ4n) is 5.29. The van der Waals surface area contributed by atoms with E-state index in [1.807, 2.05) is 86.8 Å². The number of carbonyl (C=O) groups excluding carboxylic acids is 2. The number of ether oxygens (including phenoxy) is 1. The van der Waals surface area contributed by atoms with Crippen molar-refractivity contribution in [1.82, 2.24) is 16.0 Å². The number of aliphatic hydroxyl groups excluding tert-OH is 1. The molecular weight excluding hydrogens is 649 g/mol. The van der Waals surface area contributed by atoms with E-state index in [1.54, 1.807) is 7.11 Å². The van der Waals surface area contributed by atoms with Crippen molar-refractivity contribution < 1.29 is 27.9 Å². The number of aliphatic hydroxyl groups is 1. The average Bonchev–Trinajstić information content (AvgIpc) is 3.51. The van der Waals surface area contributed by atoms with Gasteiger partial charge in [0.2, 0.25) is 10.0 Å². The lowest BCUT2D eigenvalue weighted by molar-refractivity contribution is 0.0825. The van der Waals surface area contributed by atoms with Crippen LogP contribution >= 0.6 is 11.3 Å². The first-order chi connectivity index (χ1) is 22.8. The molecule has 1 heterocycles. The molecule has 0 bridgehead atoms. The van der Waals surface area contributed by atoms with Gasteiger partial charge in [0.05, 0.1) is 37.2 Å². The van der Waals surface area contributed by atoms with E-state index in [0.29, 0.717) is 6.42 Å². The summed E-state index contributed by atoms with van der Waals surface area (Å²) in [5.74, 6) is -0.288. The van der Waals surface area contributed by atoms with Crippen molar-refractivity contribution in [2.45, 2.75) is 51.4 Å². The van der Waals surface area contributed by atoms with E-state index in [1.165, 1.54) is 36.6 Å². The molecule has 0 radical (unpaired) electrons. The Morgan fingerprint density at radius 3 is 2.19 bits per heavy atom. The summed E-state index contributed by atoms with van der Waals surface area (Å²) in [5.41, 5.74) is 3.30. The standard InChI is InChI=1S/C36H44N4O6S2/c1-23-15-16-47-34(23)25(3)38-35(42)28-18-29(20-30(19-28)40(4)48(6,44)45)36(43)39-32(17-26-11-8-7-9-12-26)33(41)22-37-24(2)27-13-10-14-31(21-27)46-5/h7-16,18-21,24-25,32-33,37,41H,17,22H2,1-6H3,(H,38,42)(H,39,43)/t24-,25?,32+,33-/m1/s1. The first kappa shape index (κ1) is 36.6. The summed E-state index contributed by atoms with van der Waals surface area (Å²) in [7, 11) is -0.740. The second-order valence-electron chi connectivity index (χ2n) is 11.9. The molecule has 4 aromatic rings. The minimum Gasteiger partial charge on any atom is -0.497 e. The number of sulfonamides is 1. The highest BCUT2D eigenvalue weighted by Gasteiger charge is 2.26. The number of nitrogens with zero attached hydrogens (tertiary/aromatic N) is 1. The molecule has 48 heavy (non-hydrogen) atoms. The molecule has 0 aliphatic rings. The van der Waals surface area contributed by atoms with Crippen molar-refractivity contribution >= 4 is 38.9 Å². The largest absolute Gasteiger partial charge is 0.497 e. The number of rotatable bonds is 15. The predicted molar refractivity (Wildman–Crippen MR) is 191 cm³/mol. The molecule has 0 fully saturated rings. The summed E-state index contributed by atoms with van der Waals surface area (Å²) in [6, 6.07) is 22.3. The zero-order valence-corrected chi connectivity index (χ0v) is 29.7. The molecular formula is C36H44N4O6S2. The molecule has 4 rings (SSSR count). The van der Waals surface area contributed by atoms with Gasteiger partial charge in [0.25, 0.3) is 11.8 Å². The molecule has 3 aromatic carbocycles. The van der Waals surface area contributed by atoms with Gasteiger partial charge in [-0.3, -0.25) is 13.9 Å². The number of amides is 2. The molecule has 4 atom stereocenters. The maximum absolute atomic E-state index is 13.9. The van der Waals surface area contributed by atoms with Gasteiger partial charge in [0, 0.05) is 35.6 Å². The molecule has 2 amide bonds. The Labute approximate surface area is 287 Å². The van der Waals surface area contributed by atoms with Crippen molar-refractivity contribution in [1.29, 1.82) is 0 Å². The summed E-state index contributed by atoms with van der Waals surface area (Å²) in [5, 5.41) is 22.6. The second kappa shape index (κ2) is 16.2. The molecule has 4 N–H and O–H groups in total. The maximum Gasteiger partial charge on any atom is 0.251 e. The third-order valence-corrected chi connectivity index (χ3v) is 10.7. The number of benzene rings is 3. The zero-order chi connectivity index (χ0) is 35.0. The van der Waals surface area contributed by atoms with Crippen LogP contribution in [0.25, 0.3) is 0 Å². The third kappa shape index (κ3) is 9.66. The highest BCUT2D eigenvalue weighted by Crippen LogP contribution is 2.26. The molecule has 1 aromatic heterocycles. The number of aryl methyl sites for hydroxylation is 1. The summed E-state index contributed by atoms with van der Waals surface area (Å²) < 4.78 is 31.3. The molecule has 0 aliphatic heterocycles. The number of anilines is 1. The Kier molecular flexibility index (Phi) is 12.4. The van der Waals surface area contributed by atoms with E-state index in [4.69, 9.17) is 4.74 Å². The summed E-state index contributed by atoms with van der Waals surface area (Å²) >= 11 is 1.53. The van der Waals surface area contributed by atoms with E-state index in [-0.39, 0.29) is 35.4 Å². The topological polar surface area (TPSA) is 137 Å². The number of carbonyl (C=O) groups is 2. The number of hydrogen-bond donors (Lipinski definition) is 4. The first-order valence-corrected chi connectivity index (χ1v) is 18.3. The molecule has 256 valence electrons. The van der Waals surface area contributed by atoms with Crippen LogP contribution in [0.15, 0.2) is 84.2 Å². The summed E-state index contributed by atoms with van der Waals surface area (Å²) in [6.07, 6.45) is 0.380. The molecule has 12 heteroatoms. The van der Waals surface area contributed by atoms with Crippen molar-refractivity contribution in [2.24, 2.45) is 0 Å². The number of thiophene rings is 1. The van der Waals surface area contributed by atoms with Gasteiger partial charge in [-0.05, 0) is 85.7 Å². The monoisotopic (exact) mass is 692 g/mol. The molecule has 0 saturated heterocycles. The highest BCUT2D eigenvalue weighted by molar-refractivity contribution is 7.92. The maximum atomic E-state index is 13.9. The van der Waals surface area contributed by atoms with Gasteiger partial charge in [-0.1, -0.05) is 42.5 Å². The quantitative estimate of drug-likeness (QED) is 0.138. The van der Waals surface area contributed by atoms with Crippen LogP contribution in [-0.2, 0) is 16.4 Å². The van der Waals surface area contributed by atoms with Crippen LogP contribution in [-0.4, -0.2) is 64.4 Å². The van der Waals surface area contributed by atoms with Crippen molar-refractivity contribution in [3.63, 3.8) is 0 Å². The fourth-order valence-corrected chi connectivity index (χ4v) is 6.72. The van der Waals surface area contributed by atoms with Crippen LogP contribution < -0.4 is 25.0 Å². The van der Waals surface area contributed by atoms with Crippen LogP contribution in [0.2, 0.25) is 0 Å². The Balaban J connectivity index is 1.60. The van der Waals surface area contributed by atoms with Gasteiger partial charge < -0.3 is 25.8 Å². The van der Waals surface area contributed by atoms with Crippen LogP contribution in [0, 0.1) is 6.92 Å². The van der Waals surface area contributed by atoms with Gasteiger partial charge in [0.1, 0.15) is 5.75 Å². The molecule has 0 aliphatic carbocycles. The van der Waals surface area contributed by atoms with Gasteiger partial charge >= 0.3 is 0 Å². The second-order valence-corrected chi connectivity index (χ2v) is 14.9. The van der Waals surface area contributed by atoms with E-state index < -0.39 is 34.0 Å². The van der Waals surface area contributed by atoms with Crippen LogP contribution in [0.4, 0.5) is 5.69 Å². The zero-order valence-electron chi connectivity index (χ0n) is 28.1. The normalized spacial score (nSPS) is 14.0. The molecule has 0 spiro atoms. The lowest BCUT2D eigenvalue weighted by Crippen LogP contribution is -2.49. The Hall–Kier alpha value is -4.23. The third-order valence-electron chi connectivity index (χ3n) is 8.25. The van der Waals surface area contributed by atoms with E-state index in [9.17, 15) is 23.1 Å². The van der Waals surface area contributed by atoms with Crippen LogP contribution in [0.5, 0.6) is 5.75 Å². The van der Waals surface area contributed by atoms with Gasteiger partial charge in [-0.2, -0.15) is 0 Å². The van der Waals surface area contributed by atoms with E-state index in [0.717, 1.165) is 37.9 Å². The van der Waals surface area contributed by atoms with Crippen molar-refractivity contribution in [3.8, 4) is 5.75 Å². The first-order valence-electron chi connectivity index (χ1n) is 15.6. The Morgan fingerprint density at radius 1 is 0.917 bits per heavy atom. The van der Waals surface area contributed by atoms with Crippen LogP contribution in [0.3, 0.4) is 0 Å². The Bertz CT molecular complexity index is 1810. The van der Waals surface area contributed by atoms with Crippen molar-refractivity contribution in [3.05, 3.63) is 117 Å². The number of hydrogen-bond acceptors (Lipinski definition) is 8. The smallest absolute Gasteiger partial charge is 0.251 e. The van der Waals surface area contributed by atoms with Gasteiger partial charge in [0.15, 0.2) is 0 Å². The summed E-state index contributed by atoms with van der Waals surface area (Å²) in [6.45, 7) is 5.98. The number of nitrogens with one attached hydrogen (secondary N) is 3. The van der Waals surface area contributed by atoms with Crippen LogP contribution in [0.1, 0.15) is 68.2 Å². The Morgan fingerprint density at radius 2 is 1.58 bits per heavy atom. The van der Waals surface area contributed by atoms with Crippen molar-refractivity contribution in [2.75, 3.05) is 31.3 Å². The van der Waals surface area contributed by atoms with E-state index >= 15 is 0 Å². The minimum atomic E-state index is -3.71. The molecule has 10 nitrogen and oxygen atoms in total. The fraction of sp³-hybridized carbons (Fsp3) is 0.333. The SMILES string of the molecule is COc1cccc([C@@H](C)NC[C@@H](O)[C@H](Cc2ccccc2)NC(=O)c2cc(C(=O)NC(C)c3sccc3C)cc(N(C)S(C)(=O)=O)c2)c1. The highest BCUT2D eigenvalue weighted by atomic mass is 32.2. The van der Waals surface area contributed by atoms with Gasteiger partial charge in [-0.25, -0.2) is 8.42 Å².